The lowest BCUT2D eigenvalue weighted by Crippen LogP contribution is -2.24. The third kappa shape index (κ3) is 2.15. The van der Waals surface area contributed by atoms with Gasteiger partial charge in [-0.05, 0) is 25.3 Å². The van der Waals surface area contributed by atoms with Gasteiger partial charge < -0.3 is 10.0 Å². The van der Waals surface area contributed by atoms with E-state index in [0.29, 0.717) is 0 Å². The van der Waals surface area contributed by atoms with Gasteiger partial charge in [0, 0.05) is 24.3 Å². The fraction of sp³-hybridized carbons (Fsp3) is 0.538. The van der Waals surface area contributed by atoms with Crippen LogP contribution < -0.4 is 4.90 Å². The quantitative estimate of drug-likeness (QED) is 0.802. The number of aliphatic hydroxyl groups excluding tert-OH is 1. The number of anilines is 1. The summed E-state index contributed by atoms with van der Waals surface area (Å²) in [6, 6.07) is 8.24. The topological polar surface area (TPSA) is 23.5 Å². The second kappa shape index (κ2) is 4.67. The van der Waals surface area contributed by atoms with Crippen LogP contribution in [0.1, 0.15) is 37.9 Å². The first-order chi connectivity index (χ1) is 7.33. The summed E-state index contributed by atoms with van der Waals surface area (Å²) in [4.78, 5) is 2.39. The predicted octanol–water partition coefficient (Wildman–Crippen LogP) is 2.73. The molecule has 0 radical (unpaired) electrons. The Hall–Kier alpha value is -1.02. The van der Waals surface area contributed by atoms with E-state index in [4.69, 9.17) is 0 Å². The maximum Gasteiger partial charge on any atom is 0.0810 e. The van der Waals surface area contributed by atoms with Gasteiger partial charge in [0.2, 0.25) is 0 Å². The van der Waals surface area contributed by atoms with E-state index in [2.05, 4.69) is 24.0 Å². The van der Waals surface area contributed by atoms with Crippen molar-refractivity contribution in [2.75, 3.05) is 18.0 Å². The minimum atomic E-state index is -0.275. The number of rotatable bonds is 2. The van der Waals surface area contributed by atoms with Crippen LogP contribution in [0.3, 0.4) is 0 Å². The highest BCUT2D eigenvalue weighted by Gasteiger charge is 2.19. The molecule has 2 rings (SSSR count). The molecular weight excluding hydrogens is 186 g/mol. The smallest absolute Gasteiger partial charge is 0.0810 e. The monoisotopic (exact) mass is 205 g/mol. The van der Waals surface area contributed by atoms with Gasteiger partial charge in [0.25, 0.3) is 0 Å². The summed E-state index contributed by atoms with van der Waals surface area (Å²) in [5.74, 6) is 0. The summed E-state index contributed by atoms with van der Waals surface area (Å²) in [5, 5.41) is 10.0. The van der Waals surface area contributed by atoms with Crippen molar-refractivity contribution in [2.24, 2.45) is 0 Å². The first-order valence-electron chi connectivity index (χ1n) is 5.85. The fourth-order valence-corrected chi connectivity index (χ4v) is 2.31. The van der Waals surface area contributed by atoms with Crippen LogP contribution >= 0.6 is 0 Å². The molecule has 1 atom stereocenters. The van der Waals surface area contributed by atoms with Crippen LogP contribution in [0.5, 0.6) is 0 Å². The molecule has 1 unspecified atom stereocenters. The van der Waals surface area contributed by atoms with Crippen LogP contribution in [0, 0.1) is 0 Å². The molecule has 15 heavy (non-hydrogen) atoms. The van der Waals surface area contributed by atoms with Gasteiger partial charge in [-0.1, -0.05) is 25.1 Å². The number of para-hydroxylation sites is 1. The Bertz CT molecular complexity index is 324. The van der Waals surface area contributed by atoms with E-state index in [1.807, 2.05) is 12.1 Å². The number of aliphatic hydroxyl groups is 1. The Labute approximate surface area is 91.5 Å². The van der Waals surface area contributed by atoms with E-state index < -0.39 is 0 Å². The van der Waals surface area contributed by atoms with Crippen LogP contribution in [0.15, 0.2) is 24.3 Å². The lowest BCUT2D eigenvalue weighted by Gasteiger charge is -2.24. The summed E-state index contributed by atoms with van der Waals surface area (Å²) in [6.07, 6.45) is 2.85. The minimum Gasteiger partial charge on any atom is -0.388 e. The molecule has 1 aliphatic rings. The third-order valence-electron chi connectivity index (χ3n) is 3.04. The molecule has 0 saturated carbocycles. The molecule has 0 amide bonds. The van der Waals surface area contributed by atoms with Gasteiger partial charge >= 0.3 is 0 Å². The zero-order valence-electron chi connectivity index (χ0n) is 9.32. The number of fused-ring (bicyclic) bond motifs is 1. The summed E-state index contributed by atoms with van der Waals surface area (Å²) >= 11 is 0. The molecule has 1 aliphatic heterocycles. The van der Waals surface area contributed by atoms with Crippen molar-refractivity contribution < 1.29 is 5.11 Å². The van der Waals surface area contributed by atoms with Crippen molar-refractivity contribution in [3.05, 3.63) is 29.8 Å². The van der Waals surface area contributed by atoms with Gasteiger partial charge in [-0.25, -0.2) is 0 Å². The molecule has 1 aromatic carbocycles. The van der Waals surface area contributed by atoms with Gasteiger partial charge in [-0.15, -0.1) is 0 Å². The molecule has 0 saturated heterocycles. The molecule has 1 N–H and O–H groups in total. The molecule has 82 valence electrons. The van der Waals surface area contributed by atoms with Crippen LogP contribution in [-0.4, -0.2) is 18.2 Å². The molecular formula is C13H19NO. The zero-order chi connectivity index (χ0) is 10.7. The summed E-state index contributed by atoms with van der Waals surface area (Å²) < 4.78 is 0. The normalized spacial score (nSPS) is 20.9. The third-order valence-corrected chi connectivity index (χ3v) is 3.04. The SMILES string of the molecule is CCCN1CCCC(O)c2ccccc21. The Morgan fingerprint density at radius 3 is 3.00 bits per heavy atom. The van der Waals surface area contributed by atoms with E-state index >= 15 is 0 Å². The second-order valence-electron chi connectivity index (χ2n) is 4.20. The zero-order valence-corrected chi connectivity index (χ0v) is 9.32. The van der Waals surface area contributed by atoms with Crippen molar-refractivity contribution in [1.29, 1.82) is 0 Å². The van der Waals surface area contributed by atoms with Gasteiger partial charge in [0.05, 0.1) is 6.10 Å². The molecule has 1 aromatic rings. The summed E-state index contributed by atoms with van der Waals surface area (Å²) in [6.45, 7) is 4.36. The molecule has 2 heteroatoms. The minimum absolute atomic E-state index is 0.275. The highest BCUT2D eigenvalue weighted by molar-refractivity contribution is 5.55. The lowest BCUT2D eigenvalue weighted by molar-refractivity contribution is 0.168. The van der Waals surface area contributed by atoms with E-state index in [0.717, 1.165) is 37.9 Å². The molecule has 2 nitrogen and oxygen atoms in total. The Balaban J connectivity index is 2.34. The van der Waals surface area contributed by atoms with Crippen molar-refractivity contribution in [2.45, 2.75) is 32.3 Å². The Morgan fingerprint density at radius 1 is 1.40 bits per heavy atom. The van der Waals surface area contributed by atoms with Crippen LogP contribution in [0.4, 0.5) is 5.69 Å². The maximum atomic E-state index is 10.0. The lowest BCUT2D eigenvalue weighted by atomic mass is 10.0. The number of benzene rings is 1. The maximum absolute atomic E-state index is 10.0. The van der Waals surface area contributed by atoms with Crippen LogP contribution in [0.2, 0.25) is 0 Å². The van der Waals surface area contributed by atoms with E-state index in [1.165, 1.54) is 5.69 Å². The van der Waals surface area contributed by atoms with Gasteiger partial charge in [-0.2, -0.15) is 0 Å². The van der Waals surface area contributed by atoms with Crippen molar-refractivity contribution in [3.8, 4) is 0 Å². The molecule has 0 fully saturated rings. The highest BCUT2D eigenvalue weighted by Crippen LogP contribution is 2.32. The Kier molecular flexibility index (Phi) is 3.27. The van der Waals surface area contributed by atoms with E-state index in [-0.39, 0.29) is 6.10 Å². The molecule has 1 heterocycles. The number of hydrogen-bond donors (Lipinski definition) is 1. The Morgan fingerprint density at radius 2 is 2.20 bits per heavy atom. The van der Waals surface area contributed by atoms with Crippen molar-refractivity contribution in [1.82, 2.24) is 0 Å². The average Bonchev–Trinajstić information content (AvgIpc) is 2.41. The molecule has 0 bridgehead atoms. The van der Waals surface area contributed by atoms with Crippen LogP contribution in [0.25, 0.3) is 0 Å². The summed E-state index contributed by atoms with van der Waals surface area (Å²) in [5.41, 5.74) is 2.33. The van der Waals surface area contributed by atoms with Gasteiger partial charge in [0.1, 0.15) is 0 Å². The standard InChI is InChI=1S/C13H19NO/c1-2-9-14-10-5-8-13(15)11-6-3-4-7-12(11)14/h3-4,6-7,13,15H,2,5,8-10H2,1H3. The number of nitrogens with zero attached hydrogens (tertiary/aromatic N) is 1. The van der Waals surface area contributed by atoms with E-state index in [9.17, 15) is 5.11 Å². The summed E-state index contributed by atoms with van der Waals surface area (Å²) in [7, 11) is 0. The predicted molar refractivity (Wildman–Crippen MR) is 63.1 cm³/mol. The van der Waals surface area contributed by atoms with E-state index in [1.54, 1.807) is 0 Å². The average molecular weight is 205 g/mol. The van der Waals surface area contributed by atoms with Crippen molar-refractivity contribution >= 4 is 5.69 Å². The highest BCUT2D eigenvalue weighted by atomic mass is 16.3. The van der Waals surface area contributed by atoms with Gasteiger partial charge in [0.15, 0.2) is 0 Å². The fourth-order valence-electron chi connectivity index (χ4n) is 2.31. The van der Waals surface area contributed by atoms with Gasteiger partial charge in [-0.3, -0.25) is 0 Å². The molecule has 0 spiro atoms. The second-order valence-corrected chi connectivity index (χ2v) is 4.20. The first-order valence-corrected chi connectivity index (χ1v) is 5.85. The molecule has 0 aliphatic carbocycles. The number of hydrogen-bond acceptors (Lipinski definition) is 2. The van der Waals surface area contributed by atoms with Crippen LogP contribution in [-0.2, 0) is 0 Å². The largest absolute Gasteiger partial charge is 0.388 e. The van der Waals surface area contributed by atoms with Crippen molar-refractivity contribution in [3.63, 3.8) is 0 Å². The first kappa shape index (κ1) is 10.5. The molecule has 0 aromatic heterocycles.